The minimum absolute atomic E-state index is 0.0522. The molecule has 2 heterocycles. The zero-order chi connectivity index (χ0) is 25.9. The molecule has 0 aliphatic rings. The van der Waals surface area contributed by atoms with Gasteiger partial charge in [-0.15, -0.1) is 11.3 Å². The van der Waals surface area contributed by atoms with Crippen molar-refractivity contribution in [3.05, 3.63) is 69.1 Å². The molecule has 0 fully saturated rings. The third-order valence-corrected chi connectivity index (χ3v) is 6.41. The molecular weight excluding hydrogens is 523 g/mol. The van der Waals surface area contributed by atoms with Crippen LogP contribution in [-0.4, -0.2) is 32.7 Å². The molecule has 0 amide bonds. The normalized spacial score (nSPS) is 12.5. The van der Waals surface area contributed by atoms with Gasteiger partial charge in [0, 0.05) is 17.9 Å². The highest BCUT2D eigenvalue weighted by atomic mass is 32.2. The van der Waals surface area contributed by atoms with Crippen LogP contribution in [0.4, 0.5) is 13.2 Å². The van der Waals surface area contributed by atoms with Gasteiger partial charge in [-0.05, 0) is 24.3 Å². The number of aromatic nitrogens is 3. The Morgan fingerprint density at radius 1 is 1.14 bits per heavy atom. The summed E-state index contributed by atoms with van der Waals surface area (Å²) in [5.74, 6) is 0.289. The van der Waals surface area contributed by atoms with Crippen molar-refractivity contribution >= 4 is 22.4 Å². The van der Waals surface area contributed by atoms with Crippen LogP contribution in [0, 0.1) is 0 Å². The number of thiazole rings is 1. The van der Waals surface area contributed by atoms with Gasteiger partial charge in [0.1, 0.15) is 29.7 Å². The van der Waals surface area contributed by atoms with Gasteiger partial charge < -0.3 is 9.47 Å². The molecule has 0 aliphatic carbocycles. The van der Waals surface area contributed by atoms with E-state index in [1.165, 1.54) is 36.8 Å². The van der Waals surface area contributed by atoms with E-state index >= 15 is 0 Å². The van der Waals surface area contributed by atoms with Crippen molar-refractivity contribution in [2.45, 2.75) is 19.4 Å². The van der Waals surface area contributed by atoms with Crippen molar-refractivity contribution in [1.29, 1.82) is 0 Å². The molecule has 0 aliphatic heterocycles. The number of hydrogen-bond acceptors (Lipinski definition) is 9. The number of H-pyrrole nitrogens is 1. The highest BCUT2D eigenvalue weighted by Crippen LogP contribution is 2.35. The number of alkyl halides is 3. The van der Waals surface area contributed by atoms with Gasteiger partial charge in [0.25, 0.3) is 0 Å². The fourth-order valence-corrected chi connectivity index (χ4v) is 4.39. The second-order valence-electron chi connectivity index (χ2n) is 7.22. The van der Waals surface area contributed by atoms with E-state index in [9.17, 15) is 22.2 Å². The van der Waals surface area contributed by atoms with Crippen molar-refractivity contribution in [2.75, 3.05) is 13.4 Å². The van der Waals surface area contributed by atoms with Gasteiger partial charge in [0.15, 0.2) is 16.9 Å². The first-order valence-corrected chi connectivity index (χ1v) is 12.4. The van der Waals surface area contributed by atoms with Crippen LogP contribution in [0.1, 0.15) is 16.1 Å². The van der Waals surface area contributed by atoms with Crippen LogP contribution in [0.25, 0.3) is 22.0 Å². The smallest absolute Gasteiger partial charge is 0.439 e. The first-order chi connectivity index (χ1) is 17.1. The number of hydrogen-bond donors (Lipinski definition) is 1. The SMILES string of the molecule is COc1cc(OCc2sc(-c3ccc(C(F)(F)F)cc3)nc2COS(C)=O)ccc1-c1noc(=O)[nH]1. The van der Waals surface area contributed by atoms with E-state index in [1.807, 2.05) is 0 Å². The fourth-order valence-electron chi connectivity index (χ4n) is 3.12. The highest BCUT2D eigenvalue weighted by molar-refractivity contribution is 7.79. The predicted octanol–water partition coefficient (Wildman–Crippen LogP) is 4.57. The Bertz CT molecular complexity index is 1430. The summed E-state index contributed by atoms with van der Waals surface area (Å²) in [4.78, 5) is 18.8. The van der Waals surface area contributed by atoms with E-state index in [2.05, 4.69) is 19.6 Å². The monoisotopic (exact) mass is 541 g/mol. The summed E-state index contributed by atoms with van der Waals surface area (Å²) >= 11 is -0.323. The second-order valence-corrected chi connectivity index (χ2v) is 9.34. The Kier molecular flexibility index (Phi) is 7.56. The van der Waals surface area contributed by atoms with Crippen molar-refractivity contribution in [3.8, 4) is 33.5 Å². The number of nitrogens with one attached hydrogen (secondary N) is 1. The second kappa shape index (κ2) is 10.6. The Morgan fingerprint density at radius 2 is 1.89 bits per heavy atom. The molecule has 0 saturated heterocycles. The largest absolute Gasteiger partial charge is 0.496 e. The van der Waals surface area contributed by atoms with Gasteiger partial charge in [-0.25, -0.2) is 14.0 Å². The number of aromatic amines is 1. The number of ether oxygens (including phenoxy) is 2. The predicted molar refractivity (Wildman–Crippen MR) is 125 cm³/mol. The minimum atomic E-state index is -4.44. The molecule has 0 radical (unpaired) electrons. The molecule has 4 rings (SSSR count). The Balaban J connectivity index is 1.57. The Morgan fingerprint density at radius 3 is 2.50 bits per heavy atom. The van der Waals surface area contributed by atoms with Crippen LogP contribution in [-0.2, 0) is 34.7 Å². The van der Waals surface area contributed by atoms with Crippen LogP contribution < -0.4 is 15.2 Å². The summed E-state index contributed by atoms with van der Waals surface area (Å²) in [6.07, 6.45) is -3.07. The van der Waals surface area contributed by atoms with Crippen molar-refractivity contribution < 1.29 is 35.6 Å². The molecule has 14 heteroatoms. The average molecular weight is 542 g/mol. The quantitative estimate of drug-likeness (QED) is 0.328. The van der Waals surface area contributed by atoms with Crippen LogP contribution in [0.15, 0.2) is 51.8 Å². The Labute approximate surface area is 208 Å². The standard InChI is InChI=1S/C22H18F3N3O6S2/c1-31-17-9-14(7-8-15(17)19-27-21(29)34-28-19)32-11-18-16(10-33-36(2)30)26-20(35-18)12-3-5-13(6-4-12)22(23,24)25/h3-9H,10-11H2,1-2H3,(H,27,28,29). The summed E-state index contributed by atoms with van der Waals surface area (Å²) in [6.45, 7) is -0.0165. The highest BCUT2D eigenvalue weighted by Gasteiger charge is 2.30. The topological polar surface area (TPSA) is 117 Å². The number of benzene rings is 2. The third-order valence-electron chi connectivity index (χ3n) is 4.84. The number of nitrogens with zero attached hydrogens (tertiary/aromatic N) is 2. The maximum atomic E-state index is 12.9. The average Bonchev–Trinajstić information content (AvgIpc) is 3.46. The van der Waals surface area contributed by atoms with E-state index in [-0.39, 0.29) is 19.0 Å². The molecule has 190 valence electrons. The van der Waals surface area contributed by atoms with Gasteiger partial charge in [-0.3, -0.25) is 13.7 Å². The van der Waals surface area contributed by atoms with Crippen LogP contribution in [0.3, 0.4) is 0 Å². The van der Waals surface area contributed by atoms with Crippen LogP contribution in [0.5, 0.6) is 11.5 Å². The lowest BCUT2D eigenvalue weighted by atomic mass is 10.1. The molecule has 9 nitrogen and oxygen atoms in total. The molecule has 1 N–H and O–H groups in total. The number of rotatable bonds is 9. The molecule has 4 aromatic rings. The van der Waals surface area contributed by atoms with Gasteiger partial charge in [0.2, 0.25) is 0 Å². The number of methoxy groups -OCH3 is 1. The molecule has 1 unspecified atom stereocenters. The van der Waals surface area contributed by atoms with E-state index in [1.54, 1.807) is 18.2 Å². The van der Waals surface area contributed by atoms with Crippen LogP contribution >= 0.6 is 11.3 Å². The van der Waals surface area contributed by atoms with Crippen molar-refractivity contribution in [1.82, 2.24) is 15.1 Å². The zero-order valence-corrected chi connectivity index (χ0v) is 20.4. The lowest BCUT2D eigenvalue weighted by molar-refractivity contribution is -0.137. The molecule has 0 bridgehead atoms. The Hall–Kier alpha value is -3.49. The van der Waals surface area contributed by atoms with E-state index in [4.69, 9.17) is 13.7 Å². The number of halogens is 3. The summed E-state index contributed by atoms with van der Waals surface area (Å²) in [7, 11) is 1.45. The summed E-state index contributed by atoms with van der Waals surface area (Å²) < 4.78 is 71.1. The molecule has 1 atom stereocenters. The summed E-state index contributed by atoms with van der Waals surface area (Å²) in [5, 5.41) is 4.11. The van der Waals surface area contributed by atoms with Crippen molar-refractivity contribution in [2.24, 2.45) is 0 Å². The molecule has 0 spiro atoms. The summed E-state index contributed by atoms with van der Waals surface area (Å²) in [6, 6.07) is 9.52. The van der Waals surface area contributed by atoms with Gasteiger partial charge in [-0.1, -0.05) is 17.3 Å². The first kappa shape index (κ1) is 25.6. The van der Waals surface area contributed by atoms with Gasteiger partial charge >= 0.3 is 11.9 Å². The summed E-state index contributed by atoms with van der Waals surface area (Å²) in [5.41, 5.74) is 0.667. The molecule has 0 saturated carbocycles. The lowest BCUT2D eigenvalue weighted by Crippen LogP contribution is -2.04. The van der Waals surface area contributed by atoms with Gasteiger partial charge in [0.05, 0.1) is 28.8 Å². The molecule has 2 aromatic carbocycles. The maximum absolute atomic E-state index is 12.9. The fraction of sp³-hybridized carbons (Fsp3) is 0.227. The van der Waals surface area contributed by atoms with Crippen LogP contribution in [0.2, 0.25) is 0 Å². The van der Waals surface area contributed by atoms with Crippen molar-refractivity contribution in [3.63, 3.8) is 0 Å². The maximum Gasteiger partial charge on any atom is 0.439 e. The van der Waals surface area contributed by atoms with Gasteiger partial charge in [-0.2, -0.15) is 13.2 Å². The third kappa shape index (κ3) is 6.01. The lowest BCUT2D eigenvalue weighted by Gasteiger charge is -2.10. The van der Waals surface area contributed by atoms with E-state index in [0.717, 1.165) is 12.1 Å². The van der Waals surface area contributed by atoms with E-state index in [0.29, 0.717) is 38.2 Å². The first-order valence-electron chi connectivity index (χ1n) is 10.1. The molecule has 2 aromatic heterocycles. The minimum Gasteiger partial charge on any atom is -0.496 e. The molecule has 36 heavy (non-hydrogen) atoms. The molecular formula is C22H18F3N3O6S2. The van der Waals surface area contributed by atoms with E-state index < -0.39 is 28.6 Å². The zero-order valence-electron chi connectivity index (χ0n) is 18.7.